The second kappa shape index (κ2) is 7.83. The maximum absolute atomic E-state index is 14.7. The molecular formula is C23H22F3N3O3. The molecule has 1 aliphatic heterocycles. The zero-order valence-electron chi connectivity index (χ0n) is 17.3. The maximum atomic E-state index is 14.7. The van der Waals surface area contributed by atoms with Crippen molar-refractivity contribution in [2.24, 2.45) is 7.05 Å². The number of aryl methyl sites for hydroxylation is 1. The fraction of sp³-hybridized carbons (Fsp3) is 0.348. The van der Waals surface area contributed by atoms with Gasteiger partial charge in [-0.2, -0.15) is 0 Å². The number of ether oxygens (including phenoxy) is 1. The van der Waals surface area contributed by atoms with Crippen LogP contribution in [0, 0.1) is 17.5 Å². The fourth-order valence-electron chi connectivity index (χ4n) is 4.68. The van der Waals surface area contributed by atoms with E-state index in [4.69, 9.17) is 4.74 Å². The number of likely N-dealkylation sites (tertiary alicyclic amines) is 1. The monoisotopic (exact) mass is 445 g/mol. The van der Waals surface area contributed by atoms with Gasteiger partial charge in [-0.3, -0.25) is 9.47 Å². The average molecular weight is 445 g/mol. The Kier molecular flexibility index (Phi) is 5.10. The molecule has 2 aliphatic rings. The number of aliphatic hydroxyl groups is 1. The summed E-state index contributed by atoms with van der Waals surface area (Å²) < 4.78 is 52.1. The van der Waals surface area contributed by atoms with Crippen molar-refractivity contribution in [3.8, 4) is 11.4 Å². The van der Waals surface area contributed by atoms with E-state index in [2.05, 4.69) is 0 Å². The number of nitrogens with zero attached hydrogens (tertiary/aromatic N) is 3. The molecule has 6 nitrogen and oxygen atoms in total. The largest absolute Gasteiger partial charge is 0.481 e. The first-order valence-electron chi connectivity index (χ1n) is 10.4. The van der Waals surface area contributed by atoms with Crippen LogP contribution in [0.5, 0.6) is 5.75 Å². The Balaban J connectivity index is 1.54. The number of hydrogen-bond acceptors (Lipinski definition) is 4. The molecule has 0 saturated carbocycles. The Labute approximate surface area is 182 Å². The molecule has 3 aromatic rings. The summed E-state index contributed by atoms with van der Waals surface area (Å²) in [6, 6.07) is 5.72. The van der Waals surface area contributed by atoms with Crippen molar-refractivity contribution >= 4 is 0 Å². The van der Waals surface area contributed by atoms with E-state index in [0.717, 1.165) is 6.07 Å². The molecule has 2 aromatic carbocycles. The van der Waals surface area contributed by atoms with Gasteiger partial charge in [0.2, 0.25) is 0 Å². The second-order valence-corrected chi connectivity index (χ2v) is 8.38. The highest BCUT2D eigenvalue weighted by molar-refractivity contribution is 5.43. The number of hydrogen-bond donors (Lipinski definition) is 1. The number of imidazole rings is 1. The molecule has 1 fully saturated rings. The van der Waals surface area contributed by atoms with E-state index >= 15 is 0 Å². The summed E-state index contributed by atoms with van der Waals surface area (Å²) in [5.74, 6) is -2.17. The van der Waals surface area contributed by atoms with Crippen LogP contribution in [0.2, 0.25) is 0 Å². The van der Waals surface area contributed by atoms with Crippen molar-refractivity contribution in [3.63, 3.8) is 0 Å². The molecule has 0 spiro atoms. The Morgan fingerprint density at radius 2 is 1.91 bits per heavy atom. The third kappa shape index (κ3) is 3.51. The lowest BCUT2D eigenvalue weighted by atomic mass is 10.1. The predicted molar refractivity (Wildman–Crippen MR) is 110 cm³/mol. The van der Waals surface area contributed by atoms with Crippen LogP contribution >= 0.6 is 0 Å². The van der Waals surface area contributed by atoms with Crippen LogP contribution in [0.15, 0.2) is 47.5 Å². The van der Waals surface area contributed by atoms with Gasteiger partial charge in [-0.05, 0) is 36.6 Å². The third-order valence-electron chi connectivity index (χ3n) is 6.32. The number of β-amino-alcohol motifs (C(OH)–C–C–N with tert-alkyl or cyclic N) is 1. The van der Waals surface area contributed by atoms with E-state index in [0.29, 0.717) is 36.3 Å². The summed E-state index contributed by atoms with van der Waals surface area (Å²) in [5, 5.41) is 9.98. The van der Waals surface area contributed by atoms with Crippen molar-refractivity contribution in [1.29, 1.82) is 0 Å². The van der Waals surface area contributed by atoms with Crippen LogP contribution in [0.3, 0.4) is 0 Å². The summed E-state index contributed by atoms with van der Waals surface area (Å²) in [4.78, 5) is 14.3. The van der Waals surface area contributed by atoms with E-state index < -0.39 is 29.7 Å². The van der Waals surface area contributed by atoms with Crippen LogP contribution < -0.4 is 10.4 Å². The lowest BCUT2D eigenvalue weighted by Crippen LogP contribution is -2.39. The quantitative estimate of drug-likeness (QED) is 0.671. The van der Waals surface area contributed by atoms with E-state index in [1.54, 1.807) is 19.4 Å². The highest BCUT2D eigenvalue weighted by atomic mass is 19.1. The molecule has 0 bridgehead atoms. The minimum Gasteiger partial charge on any atom is -0.481 e. The van der Waals surface area contributed by atoms with E-state index in [9.17, 15) is 23.1 Å². The summed E-state index contributed by atoms with van der Waals surface area (Å²) >= 11 is 0. The molecule has 3 atom stereocenters. The van der Waals surface area contributed by atoms with Gasteiger partial charge in [0, 0.05) is 50.2 Å². The Hall–Kier alpha value is -3.04. The van der Waals surface area contributed by atoms with Gasteiger partial charge in [0.1, 0.15) is 17.7 Å². The average Bonchev–Trinajstić information content (AvgIpc) is 3.42. The van der Waals surface area contributed by atoms with Gasteiger partial charge in [-0.15, -0.1) is 0 Å². The first-order chi connectivity index (χ1) is 15.3. The molecule has 9 heteroatoms. The molecule has 1 saturated heterocycles. The molecule has 5 rings (SSSR count). The topological polar surface area (TPSA) is 59.6 Å². The third-order valence-corrected chi connectivity index (χ3v) is 6.32. The number of benzene rings is 2. The zero-order chi connectivity index (χ0) is 22.6. The Morgan fingerprint density at radius 1 is 1.09 bits per heavy atom. The minimum absolute atomic E-state index is 0.120. The van der Waals surface area contributed by atoms with E-state index in [-0.39, 0.29) is 23.9 Å². The molecular weight excluding hydrogens is 423 g/mol. The predicted octanol–water partition coefficient (Wildman–Crippen LogP) is 2.70. The van der Waals surface area contributed by atoms with E-state index in [1.165, 1.54) is 33.4 Å². The molecule has 1 N–H and O–H groups in total. The molecule has 1 aromatic heterocycles. The molecule has 0 amide bonds. The molecule has 1 aliphatic carbocycles. The first-order valence-corrected chi connectivity index (χ1v) is 10.4. The molecule has 2 heterocycles. The van der Waals surface area contributed by atoms with Gasteiger partial charge >= 0.3 is 5.69 Å². The number of aliphatic hydroxyl groups excluding tert-OH is 1. The molecule has 0 unspecified atom stereocenters. The number of aromatic nitrogens is 2. The highest BCUT2D eigenvalue weighted by Gasteiger charge is 2.42. The molecule has 32 heavy (non-hydrogen) atoms. The van der Waals surface area contributed by atoms with Crippen LogP contribution in [0.25, 0.3) is 5.69 Å². The van der Waals surface area contributed by atoms with Crippen molar-refractivity contribution < 1.29 is 23.0 Å². The van der Waals surface area contributed by atoms with E-state index in [1.807, 2.05) is 4.90 Å². The van der Waals surface area contributed by atoms with Crippen molar-refractivity contribution in [2.45, 2.75) is 31.1 Å². The van der Waals surface area contributed by atoms with Gasteiger partial charge in [0.25, 0.3) is 0 Å². The number of fused-ring (bicyclic) bond motifs is 1. The normalized spacial score (nSPS) is 23.0. The smallest absolute Gasteiger partial charge is 0.332 e. The van der Waals surface area contributed by atoms with Crippen LogP contribution in [0.1, 0.15) is 23.7 Å². The molecule has 0 radical (unpaired) electrons. The Bertz CT molecular complexity index is 1240. The first kappa shape index (κ1) is 20.8. The number of rotatable bonds is 4. The standard InChI is InChI=1S/C23H22F3N3O3/c1-27-6-7-29(23(27)31)14-2-3-18(25)21(10-14)32-22-17-8-13(24)9-19(26)16(17)11-20(22)28-5-4-15(30)12-28/h2-3,6-10,15,20,22,30H,4-5,11-12H2,1H3/t15-,20+,22+/m1/s1. The van der Waals surface area contributed by atoms with Crippen LogP contribution in [-0.2, 0) is 13.5 Å². The van der Waals surface area contributed by atoms with Crippen LogP contribution in [-0.4, -0.2) is 44.4 Å². The van der Waals surface area contributed by atoms with Gasteiger partial charge in [0.05, 0.1) is 17.8 Å². The fourth-order valence-corrected chi connectivity index (χ4v) is 4.68. The van der Waals surface area contributed by atoms with Crippen molar-refractivity contribution in [1.82, 2.24) is 14.0 Å². The summed E-state index contributed by atoms with van der Waals surface area (Å²) in [5.41, 5.74) is 0.764. The summed E-state index contributed by atoms with van der Waals surface area (Å²) in [6.07, 6.45) is 2.63. The minimum atomic E-state index is -0.835. The summed E-state index contributed by atoms with van der Waals surface area (Å²) in [7, 11) is 1.60. The van der Waals surface area contributed by atoms with Gasteiger partial charge in [-0.25, -0.2) is 18.0 Å². The van der Waals surface area contributed by atoms with Gasteiger partial charge in [-0.1, -0.05) is 0 Å². The lowest BCUT2D eigenvalue weighted by molar-refractivity contribution is 0.0789. The van der Waals surface area contributed by atoms with Crippen LogP contribution in [0.4, 0.5) is 13.2 Å². The molecule has 168 valence electrons. The van der Waals surface area contributed by atoms with Crippen molar-refractivity contribution in [3.05, 3.63) is 81.8 Å². The van der Waals surface area contributed by atoms with Gasteiger partial charge < -0.3 is 14.4 Å². The lowest BCUT2D eigenvalue weighted by Gasteiger charge is -2.30. The highest BCUT2D eigenvalue weighted by Crippen LogP contribution is 2.41. The summed E-state index contributed by atoms with van der Waals surface area (Å²) in [6.45, 7) is 0.955. The zero-order valence-corrected chi connectivity index (χ0v) is 17.3. The second-order valence-electron chi connectivity index (χ2n) is 8.38. The number of halogens is 3. The Morgan fingerprint density at radius 3 is 2.59 bits per heavy atom. The van der Waals surface area contributed by atoms with Crippen molar-refractivity contribution in [2.75, 3.05) is 13.1 Å². The SMILES string of the molecule is Cn1ccn(-c2ccc(F)c(O[C@H]3c4cc(F)cc(F)c4C[C@@H]3N3CC[C@@H](O)C3)c2)c1=O. The van der Waals surface area contributed by atoms with Gasteiger partial charge in [0.15, 0.2) is 11.6 Å². The maximum Gasteiger partial charge on any atom is 0.332 e.